The molecule has 0 aromatic rings. The summed E-state index contributed by atoms with van der Waals surface area (Å²) in [4.78, 5) is 71.9. The van der Waals surface area contributed by atoms with E-state index in [-0.39, 0.29) is 25.7 Å². The van der Waals surface area contributed by atoms with Crippen molar-refractivity contribution in [2.75, 3.05) is 39.6 Å². The molecule has 0 fully saturated rings. The first kappa shape index (κ1) is 78.5. The van der Waals surface area contributed by atoms with Gasteiger partial charge in [0.05, 0.1) is 26.4 Å². The highest BCUT2D eigenvalue weighted by Crippen LogP contribution is 2.45. The highest BCUT2D eigenvalue weighted by molar-refractivity contribution is 7.47. The molecule has 0 aliphatic carbocycles. The molecule has 0 spiro atoms. The van der Waals surface area contributed by atoms with Crippen LogP contribution in [-0.4, -0.2) is 96.7 Å². The van der Waals surface area contributed by atoms with Crippen LogP contribution < -0.4 is 0 Å². The zero-order chi connectivity index (χ0) is 59.9. The van der Waals surface area contributed by atoms with Gasteiger partial charge in [0.25, 0.3) is 0 Å². The molecule has 0 bridgehead atoms. The first-order valence-electron chi connectivity index (χ1n) is 32.0. The summed E-state index contributed by atoms with van der Waals surface area (Å²) in [7, 11) is -9.89. The maximum absolute atomic E-state index is 12.9. The van der Waals surface area contributed by atoms with Crippen LogP contribution in [0.2, 0.25) is 0 Å². The van der Waals surface area contributed by atoms with Crippen molar-refractivity contribution in [1.29, 1.82) is 0 Å². The lowest BCUT2D eigenvalue weighted by molar-refractivity contribution is -0.161. The Hall–Kier alpha value is -2.46. The zero-order valence-corrected chi connectivity index (χ0v) is 53.2. The maximum atomic E-state index is 12.9. The molecular formula is C62H116O17P2. The number of phosphoric acid groups is 2. The minimum Gasteiger partial charge on any atom is -0.462 e. The fourth-order valence-corrected chi connectivity index (χ4v) is 10.2. The van der Waals surface area contributed by atoms with Crippen LogP contribution in [-0.2, 0) is 65.4 Å². The third kappa shape index (κ3) is 55.2. The van der Waals surface area contributed by atoms with Crippen LogP contribution in [0.3, 0.4) is 0 Å². The van der Waals surface area contributed by atoms with E-state index in [1.165, 1.54) is 70.6 Å². The molecule has 3 N–H and O–H groups in total. The van der Waals surface area contributed by atoms with Gasteiger partial charge in [-0.2, -0.15) is 0 Å². The number of phosphoric ester groups is 2. The number of allylic oxidation sites excluding steroid dienone is 4. The molecule has 17 nitrogen and oxygen atoms in total. The molecule has 0 aromatic carbocycles. The number of esters is 4. The number of carbonyl (C=O) groups excluding carboxylic acids is 4. The van der Waals surface area contributed by atoms with Crippen molar-refractivity contribution in [2.45, 2.75) is 303 Å². The van der Waals surface area contributed by atoms with E-state index in [4.69, 9.17) is 37.0 Å². The van der Waals surface area contributed by atoms with Gasteiger partial charge < -0.3 is 33.8 Å². The molecule has 0 heterocycles. The summed E-state index contributed by atoms with van der Waals surface area (Å²) in [6.45, 7) is 7.02. The molecule has 3 unspecified atom stereocenters. The average Bonchev–Trinajstić information content (AvgIpc) is 3.44. The molecule has 6 atom stereocenters. The standard InChI is InChI=1S/C62H116O17P2/c1-6-10-13-16-19-20-21-22-23-24-25-26-33-38-43-48-62(67)79-58(52-73-60(65)46-41-36-32-28-27-31-34-39-44-55(5)9-4)54-77-81(70,71)75-50-56(63)49-74-80(68,69)76-53-57(78-61(66)47-42-37-30-18-15-12-8-3)51-72-59(64)45-40-35-29-17-14-11-7-2/h20-23,55-58,63H,6-19,24-54H2,1-5H3,(H,68,69)(H,70,71)/b21-20-,23-22-/t55?,56-,57+,58+/m0/s1. The summed E-state index contributed by atoms with van der Waals surface area (Å²) < 4.78 is 67.7. The van der Waals surface area contributed by atoms with Gasteiger partial charge in [0.1, 0.15) is 19.3 Å². The maximum Gasteiger partial charge on any atom is 0.472 e. The summed E-state index contributed by atoms with van der Waals surface area (Å²) in [6.07, 6.45) is 41.4. The van der Waals surface area contributed by atoms with Crippen LogP contribution in [0.1, 0.15) is 285 Å². The predicted molar refractivity (Wildman–Crippen MR) is 321 cm³/mol. The number of aliphatic hydroxyl groups excluding tert-OH is 1. The first-order chi connectivity index (χ1) is 39.1. The van der Waals surface area contributed by atoms with E-state index < -0.39 is 97.5 Å². The number of hydrogen-bond donors (Lipinski definition) is 3. The first-order valence-corrected chi connectivity index (χ1v) is 35.0. The number of hydrogen-bond acceptors (Lipinski definition) is 15. The Kier molecular flexibility index (Phi) is 53.7. The van der Waals surface area contributed by atoms with Crippen molar-refractivity contribution < 1.29 is 80.2 Å². The second kappa shape index (κ2) is 55.4. The van der Waals surface area contributed by atoms with Crippen LogP contribution in [0.15, 0.2) is 24.3 Å². The van der Waals surface area contributed by atoms with E-state index in [1.54, 1.807) is 0 Å². The lowest BCUT2D eigenvalue weighted by atomic mass is 9.99. The van der Waals surface area contributed by atoms with E-state index in [0.29, 0.717) is 25.7 Å². The van der Waals surface area contributed by atoms with Crippen molar-refractivity contribution in [3.05, 3.63) is 24.3 Å². The van der Waals surface area contributed by atoms with Crippen LogP contribution in [0, 0.1) is 5.92 Å². The molecule has 0 aliphatic heterocycles. The number of aliphatic hydroxyl groups is 1. The Labute approximate surface area is 491 Å². The SMILES string of the molecule is CCCCCC/C=C\C=C/CCCCCCCC(=O)O[C@H](COC(=O)CCCCCCCCCCC(C)CC)COP(=O)(O)OC[C@@H](O)COP(=O)(O)OC[C@@H](COC(=O)CCCCCCCCC)OC(=O)CCCCCCCCC. The third-order valence-corrected chi connectivity index (χ3v) is 15.9. The van der Waals surface area contributed by atoms with Gasteiger partial charge in [0, 0.05) is 25.7 Å². The monoisotopic (exact) mass is 1190 g/mol. The molecule has 0 amide bonds. The predicted octanol–water partition coefficient (Wildman–Crippen LogP) is 16.6. The lowest BCUT2D eigenvalue weighted by Crippen LogP contribution is -2.30. The lowest BCUT2D eigenvalue weighted by Gasteiger charge is -2.21. The molecule has 81 heavy (non-hydrogen) atoms. The summed E-state index contributed by atoms with van der Waals surface area (Å²) in [5.74, 6) is -1.40. The zero-order valence-electron chi connectivity index (χ0n) is 51.4. The fraction of sp³-hybridized carbons (Fsp3) is 0.871. The molecule has 0 radical (unpaired) electrons. The minimum absolute atomic E-state index is 0.0844. The van der Waals surface area contributed by atoms with E-state index in [1.807, 2.05) is 0 Å². The Morgan fingerprint density at radius 3 is 1.05 bits per heavy atom. The molecule has 0 aliphatic rings. The second-order valence-electron chi connectivity index (χ2n) is 22.0. The van der Waals surface area contributed by atoms with Crippen molar-refractivity contribution in [3.63, 3.8) is 0 Å². The quantitative estimate of drug-likeness (QED) is 0.0169. The molecule has 0 aromatic heterocycles. The van der Waals surface area contributed by atoms with Crippen LogP contribution >= 0.6 is 15.6 Å². The van der Waals surface area contributed by atoms with Crippen molar-refractivity contribution in [1.82, 2.24) is 0 Å². The average molecular weight is 1200 g/mol. The molecule has 0 rings (SSSR count). The highest BCUT2D eigenvalue weighted by atomic mass is 31.2. The number of unbranched alkanes of at least 4 members (excludes halogenated alkanes) is 28. The fourth-order valence-electron chi connectivity index (χ4n) is 8.66. The number of ether oxygens (including phenoxy) is 4. The summed E-state index contributed by atoms with van der Waals surface area (Å²) in [5.41, 5.74) is 0. The van der Waals surface area contributed by atoms with Crippen LogP contribution in [0.5, 0.6) is 0 Å². The summed E-state index contributed by atoms with van der Waals surface area (Å²) in [5, 5.41) is 10.5. The Morgan fingerprint density at radius 2 is 0.691 bits per heavy atom. The topological polar surface area (TPSA) is 237 Å². The number of rotatable bonds is 60. The van der Waals surface area contributed by atoms with Gasteiger partial charge in [0.2, 0.25) is 0 Å². The molecule has 0 saturated heterocycles. The van der Waals surface area contributed by atoms with Crippen LogP contribution in [0.25, 0.3) is 0 Å². The van der Waals surface area contributed by atoms with E-state index in [9.17, 15) is 43.2 Å². The Morgan fingerprint density at radius 1 is 0.395 bits per heavy atom. The number of carbonyl (C=O) groups is 4. The summed E-state index contributed by atoms with van der Waals surface area (Å²) >= 11 is 0. The largest absolute Gasteiger partial charge is 0.472 e. The normalized spacial score (nSPS) is 14.8. The summed E-state index contributed by atoms with van der Waals surface area (Å²) in [6, 6.07) is 0. The van der Waals surface area contributed by atoms with Gasteiger partial charge in [-0.25, -0.2) is 9.13 Å². The smallest absolute Gasteiger partial charge is 0.462 e. The van der Waals surface area contributed by atoms with Crippen LogP contribution in [0.4, 0.5) is 0 Å². The van der Waals surface area contributed by atoms with Gasteiger partial charge in [-0.3, -0.25) is 37.3 Å². The Bertz CT molecular complexity index is 1680. The van der Waals surface area contributed by atoms with Crippen molar-refractivity contribution in [3.8, 4) is 0 Å². The van der Waals surface area contributed by atoms with E-state index in [2.05, 4.69) is 58.9 Å². The van der Waals surface area contributed by atoms with E-state index in [0.717, 1.165) is 134 Å². The van der Waals surface area contributed by atoms with Gasteiger partial charge in [-0.15, -0.1) is 0 Å². The van der Waals surface area contributed by atoms with Gasteiger partial charge in [-0.05, 0) is 57.3 Å². The minimum atomic E-state index is -4.95. The molecule has 19 heteroatoms. The molecule has 476 valence electrons. The molecular weight excluding hydrogens is 1080 g/mol. The third-order valence-electron chi connectivity index (χ3n) is 14.0. The van der Waals surface area contributed by atoms with Crippen molar-refractivity contribution >= 4 is 39.5 Å². The Balaban J connectivity index is 5.23. The van der Waals surface area contributed by atoms with Gasteiger partial charge in [0.15, 0.2) is 12.2 Å². The highest BCUT2D eigenvalue weighted by Gasteiger charge is 2.30. The second-order valence-corrected chi connectivity index (χ2v) is 24.9. The van der Waals surface area contributed by atoms with Crippen molar-refractivity contribution in [2.24, 2.45) is 5.92 Å². The van der Waals surface area contributed by atoms with Gasteiger partial charge >= 0.3 is 39.5 Å². The van der Waals surface area contributed by atoms with E-state index >= 15 is 0 Å². The van der Waals surface area contributed by atoms with Gasteiger partial charge in [-0.1, -0.05) is 232 Å². The molecule has 0 saturated carbocycles.